The lowest BCUT2D eigenvalue weighted by Gasteiger charge is -2.09. The van der Waals surface area contributed by atoms with Gasteiger partial charge in [-0.1, -0.05) is 12.1 Å². The quantitative estimate of drug-likeness (QED) is 0.930. The lowest BCUT2D eigenvalue weighted by Crippen LogP contribution is -2.17. The Balaban J connectivity index is 2.40. The number of nitrogens with one attached hydrogen (secondary N) is 1. The molecule has 0 fully saturated rings. The summed E-state index contributed by atoms with van der Waals surface area (Å²) in [5.41, 5.74) is -0.501. The van der Waals surface area contributed by atoms with E-state index in [4.69, 9.17) is 4.74 Å². The van der Waals surface area contributed by atoms with Crippen LogP contribution in [-0.4, -0.2) is 28.4 Å². The minimum atomic E-state index is -4.80. The zero-order chi connectivity index (χ0) is 14.8. The number of methoxy groups -OCH3 is 1. The van der Waals surface area contributed by atoms with Gasteiger partial charge in [0, 0.05) is 5.56 Å². The highest BCUT2D eigenvalue weighted by molar-refractivity contribution is 5.57. The number of hydrogen-bond donors (Lipinski definition) is 1. The van der Waals surface area contributed by atoms with E-state index < -0.39 is 17.8 Å². The van der Waals surface area contributed by atoms with Crippen LogP contribution in [0.1, 0.15) is 0 Å². The molecule has 1 N–H and O–H groups in total. The first kappa shape index (κ1) is 13.8. The molecule has 20 heavy (non-hydrogen) atoms. The van der Waals surface area contributed by atoms with Crippen molar-refractivity contribution >= 4 is 0 Å². The van der Waals surface area contributed by atoms with Crippen LogP contribution >= 0.6 is 0 Å². The molecule has 1 heterocycles. The zero-order valence-corrected chi connectivity index (χ0v) is 10.1. The Labute approximate surface area is 110 Å². The van der Waals surface area contributed by atoms with Crippen LogP contribution < -0.4 is 15.2 Å². The van der Waals surface area contributed by atoms with E-state index in [-0.39, 0.29) is 17.4 Å². The summed E-state index contributed by atoms with van der Waals surface area (Å²) in [5, 5.41) is 0. The number of benzene rings is 1. The van der Waals surface area contributed by atoms with Crippen molar-refractivity contribution in [1.29, 1.82) is 0 Å². The third-order valence-corrected chi connectivity index (χ3v) is 2.15. The summed E-state index contributed by atoms with van der Waals surface area (Å²) in [6.45, 7) is 0. The molecule has 0 amide bonds. The minimum absolute atomic E-state index is 0.0227. The van der Waals surface area contributed by atoms with Gasteiger partial charge in [-0.05, 0) is 12.1 Å². The van der Waals surface area contributed by atoms with Gasteiger partial charge < -0.3 is 9.47 Å². The molecule has 6 nitrogen and oxygen atoms in total. The van der Waals surface area contributed by atoms with Crippen LogP contribution in [0.5, 0.6) is 11.8 Å². The van der Waals surface area contributed by atoms with E-state index in [2.05, 4.69) is 19.7 Å². The first-order valence-corrected chi connectivity index (χ1v) is 5.26. The first-order chi connectivity index (χ1) is 9.37. The Morgan fingerprint density at radius 3 is 2.65 bits per heavy atom. The Kier molecular flexibility index (Phi) is 3.59. The van der Waals surface area contributed by atoms with E-state index in [0.717, 1.165) is 12.1 Å². The van der Waals surface area contributed by atoms with Crippen LogP contribution in [-0.2, 0) is 0 Å². The van der Waals surface area contributed by atoms with Crippen LogP contribution in [0.2, 0.25) is 0 Å². The predicted octanol–water partition coefficient (Wildman–Crippen LogP) is 1.74. The van der Waals surface area contributed by atoms with Crippen LogP contribution in [0.3, 0.4) is 0 Å². The van der Waals surface area contributed by atoms with Gasteiger partial charge in [0.15, 0.2) is 0 Å². The summed E-state index contributed by atoms with van der Waals surface area (Å²) in [6, 6.07) is 4.83. The van der Waals surface area contributed by atoms with Crippen molar-refractivity contribution in [2.75, 3.05) is 7.11 Å². The normalized spacial score (nSPS) is 11.2. The Morgan fingerprint density at radius 2 is 2.00 bits per heavy atom. The molecule has 0 radical (unpaired) electrons. The average Bonchev–Trinajstić information content (AvgIpc) is 2.36. The van der Waals surface area contributed by atoms with E-state index in [0.29, 0.717) is 0 Å². The van der Waals surface area contributed by atoms with Crippen LogP contribution in [0, 0.1) is 0 Å². The number of hydrogen-bond acceptors (Lipinski definition) is 5. The Morgan fingerprint density at radius 1 is 1.25 bits per heavy atom. The molecule has 0 bridgehead atoms. The first-order valence-electron chi connectivity index (χ1n) is 5.26. The highest BCUT2D eigenvalue weighted by atomic mass is 19.4. The fraction of sp³-hybridized carbons (Fsp3) is 0.182. The fourth-order valence-corrected chi connectivity index (χ4v) is 1.43. The van der Waals surface area contributed by atoms with Gasteiger partial charge in [0.05, 0.1) is 7.11 Å². The summed E-state index contributed by atoms with van der Waals surface area (Å²) in [4.78, 5) is 20.8. The van der Waals surface area contributed by atoms with Crippen molar-refractivity contribution in [2.24, 2.45) is 0 Å². The largest absolute Gasteiger partial charge is 0.573 e. The minimum Gasteiger partial charge on any atom is -0.467 e. The molecule has 106 valence electrons. The van der Waals surface area contributed by atoms with E-state index in [1.165, 1.54) is 19.2 Å². The van der Waals surface area contributed by atoms with Gasteiger partial charge in [-0.2, -0.15) is 4.98 Å². The van der Waals surface area contributed by atoms with Crippen molar-refractivity contribution in [1.82, 2.24) is 15.0 Å². The third-order valence-electron chi connectivity index (χ3n) is 2.15. The van der Waals surface area contributed by atoms with E-state index in [9.17, 15) is 18.0 Å². The van der Waals surface area contributed by atoms with Gasteiger partial charge in [0.25, 0.3) is 0 Å². The topological polar surface area (TPSA) is 77.1 Å². The number of nitrogens with zero attached hydrogens (tertiary/aromatic N) is 2. The SMILES string of the molecule is COc1nc(-c2cccc(OC(F)(F)F)c2)[nH]c(=O)n1. The second kappa shape index (κ2) is 5.19. The van der Waals surface area contributed by atoms with Crippen molar-refractivity contribution in [3.05, 3.63) is 34.7 Å². The number of ether oxygens (including phenoxy) is 2. The summed E-state index contributed by atoms with van der Waals surface area (Å²) in [7, 11) is 1.27. The maximum atomic E-state index is 12.1. The predicted molar refractivity (Wildman–Crippen MR) is 61.3 cm³/mol. The molecule has 2 aromatic rings. The number of H-pyrrole nitrogens is 1. The van der Waals surface area contributed by atoms with Crippen LogP contribution in [0.25, 0.3) is 11.4 Å². The molecule has 0 unspecified atom stereocenters. The standard InChI is InChI=1S/C11H8F3N3O3/c1-19-10-16-8(15-9(18)17-10)6-3-2-4-7(5-6)20-11(12,13)14/h2-5H,1H3,(H,15,16,17,18). The number of aromatic amines is 1. The lowest BCUT2D eigenvalue weighted by molar-refractivity contribution is -0.274. The maximum Gasteiger partial charge on any atom is 0.573 e. The molecule has 1 aromatic carbocycles. The number of aromatic nitrogens is 3. The monoisotopic (exact) mass is 287 g/mol. The van der Waals surface area contributed by atoms with E-state index in [1.807, 2.05) is 0 Å². The molecule has 0 atom stereocenters. The molecular formula is C11H8F3N3O3. The third kappa shape index (κ3) is 3.46. The van der Waals surface area contributed by atoms with Crippen molar-refractivity contribution in [3.63, 3.8) is 0 Å². The lowest BCUT2D eigenvalue weighted by atomic mass is 10.2. The second-order valence-electron chi connectivity index (χ2n) is 3.56. The number of alkyl halides is 3. The molecule has 9 heteroatoms. The summed E-state index contributed by atoms with van der Waals surface area (Å²) >= 11 is 0. The van der Waals surface area contributed by atoms with Gasteiger partial charge >= 0.3 is 18.1 Å². The summed E-state index contributed by atoms with van der Waals surface area (Å²) in [5.74, 6) is -0.400. The second-order valence-corrected chi connectivity index (χ2v) is 3.56. The molecule has 0 aliphatic carbocycles. The highest BCUT2D eigenvalue weighted by Gasteiger charge is 2.31. The van der Waals surface area contributed by atoms with Gasteiger partial charge in [-0.15, -0.1) is 18.2 Å². The van der Waals surface area contributed by atoms with Crippen LogP contribution in [0.4, 0.5) is 13.2 Å². The van der Waals surface area contributed by atoms with Gasteiger partial charge in [-0.3, -0.25) is 4.98 Å². The summed E-state index contributed by atoms with van der Waals surface area (Å²) in [6.07, 6.45) is -4.80. The fourth-order valence-electron chi connectivity index (χ4n) is 1.43. The maximum absolute atomic E-state index is 12.1. The Hall–Kier alpha value is -2.58. The van der Waals surface area contributed by atoms with Crippen molar-refractivity contribution < 1.29 is 22.6 Å². The van der Waals surface area contributed by atoms with Gasteiger partial charge in [-0.25, -0.2) is 4.79 Å². The van der Waals surface area contributed by atoms with Crippen molar-refractivity contribution in [3.8, 4) is 23.1 Å². The van der Waals surface area contributed by atoms with Gasteiger partial charge in [0.2, 0.25) is 0 Å². The summed E-state index contributed by atoms with van der Waals surface area (Å²) < 4.78 is 44.9. The molecule has 0 spiro atoms. The average molecular weight is 287 g/mol. The molecular weight excluding hydrogens is 279 g/mol. The Bertz CT molecular complexity index is 670. The zero-order valence-electron chi connectivity index (χ0n) is 10.1. The van der Waals surface area contributed by atoms with E-state index >= 15 is 0 Å². The number of rotatable bonds is 3. The highest BCUT2D eigenvalue weighted by Crippen LogP contribution is 2.26. The molecule has 0 saturated carbocycles. The smallest absolute Gasteiger partial charge is 0.467 e. The molecule has 2 rings (SSSR count). The van der Waals surface area contributed by atoms with Gasteiger partial charge in [0.1, 0.15) is 11.6 Å². The molecule has 1 aromatic heterocycles. The molecule has 0 saturated heterocycles. The molecule has 0 aliphatic heterocycles. The van der Waals surface area contributed by atoms with E-state index in [1.54, 1.807) is 0 Å². The molecule has 0 aliphatic rings. The van der Waals surface area contributed by atoms with Crippen molar-refractivity contribution in [2.45, 2.75) is 6.36 Å². The van der Waals surface area contributed by atoms with Crippen LogP contribution in [0.15, 0.2) is 29.1 Å². The number of halogens is 3.